The Morgan fingerprint density at radius 1 is 1.40 bits per heavy atom. The molecule has 0 aliphatic rings. The predicted octanol–water partition coefficient (Wildman–Crippen LogP) is 1.68. The van der Waals surface area contributed by atoms with Crippen molar-refractivity contribution in [2.75, 3.05) is 0 Å². The lowest BCUT2D eigenvalue weighted by atomic mass is 10.1. The molecule has 5 nitrogen and oxygen atoms in total. The number of aromatic nitrogens is 2. The number of nitrogens with two attached hydrogens (primary N) is 1. The van der Waals surface area contributed by atoms with E-state index in [4.69, 9.17) is 5.73 Å². The standard InChI is InChI=1S/C15H20N4O/c1-10(14-9-19(3)18-11(14)2)17-15(20)13-6-4-12(8-16)5-7-13/h4-7,9-10H,8,16H2,1-3H3,(H,17,20). The Morgan fingerprint density at radius 2 is 2.05 bits per heavy atom. The molecule has 2 rings (SSSR count). The first-order valence-corrected chi connectivity index (χ1v) is 6.61. The molecule has 20 heavy (non-hydrogen) atoms. The number of benzene rings is 1. The third kappa shape index (κ3) is 3.05. The monoisotopic (exact) mass is 272 g/mol. The molecule has 0 bridgehead atoms. The zero-order chi connectivity index (χ0) is 14.7. The molecule has 1 unspecified atom stereocenters. The van der Waals surface area contributed by atoms with Gasteiger partial charge in [-0.25, -0.2) is 0 Å². The lowest BCUT2D eigenvalue weighted by Gasteiger charge is -2.13. The van der Waals surface area contributed by atoms with Crippen molar-refractivity contribution >= 4 is 5.91 Å². The number of nitrogens with zero attached hydrogens (tertiary/aromatic N) is 2. The molecule has 1 aromatic heterocycles. The van der Waals surface area contributed by atoms with Gasteiger partial charge in [0.05, 0.1) is 11.7 Å². The Morgan fingerprint density at radius 3 is 2.55 bits per heavy atom. The van der Waals surface area contributed by atoms with Gasteiger partial charge in [0.2, 0.25) is 0 Å². The summed E-state index contributed by atoms with van der Waals surface area (Å²) in [7, 11) is 1.87. The molecule has 0 fully saturated rings. The smallest absolute Gasteiger partial charge is 0.251 e. The normalized spacial score (nSPS) is 12.2. The molecule has 1 aromatic carbocycles. The zero-order valence-electron chi connectivity index (χ0n) is 12.1. The fraction of sp³-hybridized carbons (Fsp3) is 0.333. The fourth-order valence-corrected chi connectivity index (χ4v) is 2.19. The van der Waals surface area contributed by atoms with Crippen molar-refractivity contribution in [3.8, 4) is 0 Å². The highest BCUT2D eigenvalue weighted by Gasteiger charge is 2.15. The summed E-state index contributed by atoms with van der Waals surface area (Å²) in [5.74, 6) is -0.0932. The van der Waals surface area contributed by atoms with E-state index in [1.807, 2.05) is 39.2 Å². The topological polar surface area (TPSA) is 72.9 Å². The number of aryl methyl sites for hydroxylation is 2. The number of nitrogens with one attached hydrogen (secondary N) is 1. The summed E-state index contributed by atoms with van der Waals surface area (Å²) in [6.45, 7) is 4.37. The molecule has 3 N–H and O–H groups in total. The largest absolute Gasteiger partial charge is 0.345 e. The summed E-state index contributed by atoms with van der Waals surface area (Å²) in [4.78, 5) is 12.2. The van der Waals surface area contributed by atoms with Gasteiger partial charge in [-0.1, -0.05) is 12.1 Å². The van der Waals surface area contributed by atoms with E-state index in [0.29, 0.717) is 12.1 Å². The molecule has 1 heterocycles. The minimum absolute atomic E-state index is 0.0783. The van der Waals surface area contributed by atoms with Crippen LogP contribution in [0.5, 0.6) is 0 Å². The molecule has 0 aliphatic heterocycles. The van der Waals surface area contributed by atoms with Crippen LogP contribution < -0.4 is 11.1 Å². The second-order valence-electron chi connectivity index (χ2n) is 4.94. The molecule has 5 heteroatoms. The number of carbonyl (C=O) groups is 1. The number of hydrogen-bond donors (Lipinski definition) is 2. The molecule has 0 radical (unpaired) electrons. The predicted molar refractivity (Wildman–Crippen MR) is 78.2 cm³/mol. The average molecular weight is 272 g/mol. The first kappa shape index (κ1) is 14.3. The van der Waals surface area contributed by atoms with Crippen molar-refractivity contribution in [3.05, 3.63) is 52.8 Å². The third-order valence-corrected chi connectivity index (χ3v) is 3.32. The van der Waals surface area contributed by atoms with Crippen LogP contribution in [0.25, 0.3) is 0 Å². The van der Waals surface area contributed by atoms with Crippen molar-refractivity contribution in [1.29, 1.82) is 0 Å². The van der Waals surface area contributed by atoms with Gasteiger partial charge in [0.15, 0.2) is 0 Å². The molecule has 0 aliphatic carbocycles. The van der Waals surface area contributed by atoms with E-state index < -0.39 is 0 Å². The molecule has 1 atom stereocenters. The van der Waals surface area contributed by atoms with E-state index in [2.05, 4.69) is 10.4 Å². The Balaban J connectivity index is 2.08. The van der Waals surface area contributed by atoms with Crippen LogP contribution in [-0.2, 0) is 13.6 Å². The van der Waals surface area contributed by atoms with Crippen molar-refractivity contribution in [2.45, 2.75) is 26.4 Å². The van der Waals surface area contributed by atoms with Gasteiger partial charge in [-0.2, -0.15) is 5.10 Å². The Labute approximate surface area is 118 Å². The van der Waals surface area contributed by atoms with Gasteiger partial charge in [-0.05, 0) is 31.5 Å². The second-order valence-corrected chi connectivity index (χ2v) is 4.94. The Hall–Kier alpha value is -2.14. The summed E-state index contributed by atoms with van der Waals surface area (Å²) < 4.78 is 1.75. The quantitative estimate of drug-likeness (QED) is 0.889. The first-order valence-electron chi connectivity index (χ1n) is 6.61. The molecule has 0 saturated carbocycles. The van der Waals surface area contributed by atoms with Crippen LogP contribution in [0.4, 0.5) is 0 Å². The minimum Gasteiger partial charge on any atom is -0.345 e. The maximum atomic E-state index is 12.2. The van der Waals surface area contributed by atoms with Crippen LogP contribution in [0.2, 0.25) is 0 Å². The van der Waals surface area contributed by atoms with Crippen LogP contribution in [0, 0.1) is 6.92 Å². The highest BCUT2D eigenvalue weighted by atomic mass is 16.1. The fourth-order valence-electron chi connectivity index (χ4n) is 2.19. The van der Waals surface area contributed by atoms with Gasteiger partial charge >= 0.3 is 0 Å². The van der Waals surface area contributed by atoms with Crippen molar-refractivity contribution in [2.24, 2.45) is 12.8 Å². The van der Waals surface area contributed by atoms with Gasteiger partial charge in [-0.15, -0.1) is 0 Å². The molecule has 2 aromatic rings. The van der Waals surface area contributed by atoms with Gasteiger partial charge in [0.25, 0.3) is 5.91 Å². The minimum atomic E-state index is -0.0932. The number of rotatable bonds is 4. The SMILES string of the molecule is Cc1nn(C)cc1C(C)NC(=O)c1ccc(CN)cc1. The van der Waals surface area contributed by atoms with Crippen molar-refractivity contribution in [1.82, 2.24) is 15.1 Å². The van der Waals surface area contributed by atoms with Crippen LogP contribution in [0.15, 0.2) is 30.5 Å². The van der Waals surface area contributed by atoms with Crippen molar-refractivity contribution < 1.29 is 4.79 Å². The maximum Gasteiger partial charge on any atom is 0.251 e. The number of amides is 1. The molecular weight excluding hydrogens is 252 g/mol. The third-order valence-electron chi connectivity index (χ3n) is 3.32. The Kier molecular flexibility index (Phi) is 4.20. The maximum absolute atomic E-state index is 12.2. The summed E-state index contributed by atoms with van der Waals surface area (Å²) >= 11 is 0. The Bertz CT molecular complexity index is 601. The highest BCUT2D eigenvalue weighted by molar-refractivity contribution is 5.94. The number of carbonyl (C=O) groups excluding carboxylic acids is 1. The average Bonchev–Trinajstić information content (AvgIpc) is 2.78. The van der Waals surface area contributed by atoms with Gasteiger partial charge in [0, 0.05) is 30.9 Å². The van der Waals surface area contributed by atoms with E-state index in [9.17, 15) is 4.79 Å². The number of hydrogen-bond acceptors (Lipinski definition) is 3. The summed E-state index contributed by atoms with van der Waals surface area (Å²) in [6.07, 6.45) is 1.93. The lowest BCUT2D eigenvalue weighted by molar-refractivity contribution is 0.0940. The zero-order valence-corrected chi connectivity index (χ0v) is 12.1. The van der Waals surface area contributed by atoms with E-state index in [0.717, 1.165) is 16.8 Å². The molecule has 0 saturated heterocycles. The van der Waals surface area contributed by atoms with E-state index >= 15 is 0 Å². The van der Waals surface area contributed by atoms with Crippen molar-refractivity contribution in [3.63, 3.8) is 0 Å². The first-order chi connectivity index (χ1) is 9.51. The summed E-state index contributed by atoms with van der Waals surface area (Å²) in [5.41, 5.74) is 9.15. The summed E-state index contributed by atoms with van der Waals surface area (Å²) in [6, 6.07) is 7.25. The molecule has 1 amide bonds. The van der Waals surface area contributed by atoms with E-state index in [1.165, 1.54) is 0 Å². The van der Waals surface area contributed by atoms with Gasteiger partial charge < -0.3 is 11.1 Å². The van der Waals surface area contributed by atoms with E-state index in [-0.39, 0.29) is 11.9 Å². The van der Waals surface area contributed by atoms with Gasteiger partial charge in [0.1, 0.15) is 0 Å². The molecular formula is C15H20N4O. The summed E-state index contributed by atoms with van der Waals surface area (Å²) in [5, 5.41) is 7.27. The molecule has 106 valence electrons. The second kappa shape index (κ2) is 5.88. The lowest BCUT2D eigenvalue weighted by Crippen LogP contribution is -2.26. The van der Waals surface area contributed by atoms with Gasteiger partial charge in [-0.3, -0.25) is 9.48 Å². The van der Waals surface area contributed by atoms with E-state index in [1.54, 1.807) is 16.8 Å². The molecule has 0 spiro atoms. The van der Waals surface area contributed by atoms with Crippen LogP contribution in [0.3, 0.4) is 0 Å². The van der Waals surface area contributed by atoms with Crippen LogP contribution in [0.1, 0.15) is 40.1 Å². The highest BCUT2D eigenvalue weighted by Crippen LogP contribution is 2.16. The van der Waals surface area contributed by atoms with Crippen LogP contribution in [-0.4, -0.2) is 15.7 Å². The van der Waals surface area contributed by atoms with Crippen LogP contribution >= 0.6 is 0 Å².